The molecule has 0 unspecified atom stereocenters. The lowest BCUT2D eigenvalue weighted by Gasteiger charge is -2.25. The lowest BCUT2D eigenvalue weighted by molar-refractivity contribution is 0.173. The second-order valence-corrected chi connectivity index (χ2v) is 2.65. The summed E-state index contributed by atoms with van der Waals surface area (Å²) in [5.41, 5.74) is 0.840. The van der Waals surface area contributed by atoms with Gasteiger partial charge < -0.3 is 10.0 Å². The van der Waals surface area contributed by atoms with Crippen molar-refractivity contribution in [3.05, 3.63) is 48.7 Å². The number of amides is 1. The number of nitrogens with zero attached hydrogens (tertiary/aromatic N) is 2. The van der Waals surface area contributed by atoms with E-state index in [0.717, 1.165) is 10.6 Å². The summed E-state index contributed by atoms with van der Waals surface area (Å²) in [7, 11) is 0. The highest BCUT2D eigenvalue weighted by Crippen LogP contribution is 2.18. The molecule has 0 radical (unpaired) electrons. The normalized spacial score (nSPS) is 18.6. The second-order valence-electron chi connectivity index (χ2n) is 2.65. The molecule has 0 fully saturated rings. The van der Waals surface area contributed by atoms with E-state index in [9.17, 15) is 4.79 Å². The summed E-state index contributed by atoms with van der Waals surface area (Å²) >= 11 is 0. The Bertz CT molecular complexity index is 353. The van der Waals surface area contributed by atoms with Crippen molar-refractivity contribution in [1.29, 1.82) is 0 Å². The van der Waals surface area contributed by atoms with Gasteiger partial charge in [-0.05, 0) is 12.2 Å². The summed E-state index contributed by atoms with van der Waals surface area (Å²) in [6.07, 6.45) is 11.2. The van der Waals surface area contributed by atoms with Crippen LogP contribution in [0.25, 0.3) is 0 Å². The smallest absolute Gasteiger partial charge is 0.415 e. The maximum absolute atomic E-state index is 10.6. The van der Waals surface area contributed by atoms with Crippen LogP contribution in [0.5, 0.6) is 0 Å². The molecule has 4 nitrogen and oxygen atoms in total. The molecule has 66 valence electrons. The zero-order chi connectivity index (χ0) is 9.26. The van der Waals surface area contributed by atoms with Gasteiger partial charge in [0.15, 0.2) is 0 Å². The van der Waals surface area contributed by atoms with Gasteiger partial charge in [0.25, 0.3) is 0 Å². The highest BCUT2D eigenvalue weighted by atomic mass is 16.4. The van der Waals surface area contributed by atoms with E-state index in [1.54, 1.807) is 12.4 Å². The van der Waals surface area contributed by atoms with E-state index in [1.807, 2.05) is 29.3 Å². The molecule has 0 atom stereocenters. The first-order valence-corrected chi connectivity index (χ1v) is 3.82. The molecule has 0 aliphatic carbocycles. The Balaban J connectivity index is 2.27. The Labute approximate surface area is 75.4 Å². The Morgan fingerprint density at radius 3 is 2.85 bits per heavy atom. The minimum absolute atomic E-state index is 0.840. The predicted molar refractivity (Wildman–Crippen MR) is 47.2 cm³/mol. The van der Waals surface area contributed by atoms with Gasteiger partial charge in [0, 0.05) is 24.8 Å². The fourth-order valence-electron chi connectivity index (χ4n) is 1.16. The van der Waals surface area contributed by atoms with Crippen LogP contribution in [-0.4, -0.2) is 21.0 Å². The number of rotatable bonds is 0. The van der Waals surface area contributed by atoms with Crippen molar-refractivity contribution in [1.82, 2.24) is 9.80 Å². The molecule has 2 aliphatic heterocycles. The molecule has 0 saturated heterocycles. The van der Waals surface area contributed by atoms with Gasteiger partial charge in [0.05, 0.1) is 5.70 Å². The van der Waals surface area contributed by atoms with Gasteiger partial charge in [-0.1, -0.05) is 6.08 Å². The average Bonchev–Trinajstić information content (AvgIpc) is 2.17. The third-order valence-corrected chi connectivity index (χ3v) is 1.80. The van der Waals surface area contributed by atoms with Crippen molar-refractivity contribution >= 4 is 6.09 Å². The Hall–Kier alpha value is -1.97. The molecular weight excluding hydrogens is 168 g/mol. The van der Waals surface area contributed by atoms with E-state index >= 15 is 0 Å². The van der Waals surface area contributed by atoms with E-state index in [2.05, 4.69) is 0 Å². The van der Waals surface area contributed by atoms with Crippen molar-refractivity contribution in [2.45, 2.75) is 0 Å². The molecule has 0 saturated carbocycles. The molecule has 0 spiro atoms. The van der Waals surface area contributed by atoms with Gasteiger partial charge in [0.2, 0.25) is 0 Å². The van der Waals surface area contributed by atoms with Gasteiger partial charge in [-0.25, -0.2) is 4.79 Å². The van der Waals surface area contributed by atoms with Gasteiger partial charge >= 0.3 is 6.09 Å². The van der Waals surface area contributed by atoms with Crippen molar-refractivity contribution in [3.63, 3.8) is 0 Å². The first kappa shape index (κ1) is 7.67. The van der Waals surface area contributed by atoms with Crippen LogP contribution in [0.2, 0.25) is 0 Å². The summed E-state index contributed by atoms with van der Waals surface area (Å²) < 4.78 is 0. The molecule has 2 heterocycles. The topological polar surface area (TPSA) is 43.8 Å². The molecule has 2 aliphatic rings. The number of carbonyl (C=O) groups is 1. The number of carboxylic acid groups (broad SMARTS) is 1. The summed E-state index contributed by atoms with van der Waals surface area (Å²) in [6, 6.07) is 0. The molecule has 2 rings (SSSR count). The predicted octanol–water partition coefficient (Wildman–Crippen LogP) is 1.68. The molecule has 0 bridgehead atoms. The fraction of sp³-hybridized carbons (Fsp3) is 0. The third-order valence-electron chi connectivity index (χ3n) is 1.80. The number of hydrogen-bond donors (Lipinski definition) is 1. The second kappa shape index (κ2) is 2.82. The molecular formula is C9H8N2O2. The molecule has 1 amide bonds. The van der Waals surface area contributed by atoms with Crippen molar-refractivity contribution < 1.29 is 9.90 Å². The van der Waals surface area contributed by atoms with Crippen molar-refractivity contribution in [2.24, 2.45) is 0 Å². The Morgan fingerprint density at radius 1 is 1.23 bits per heavy atom. The van der Waals surface area contributed by atoms with E-state index in [0.29, 0.717) is 0 Å². The van der Waals surface area contributed by atoms with Crippen LogP contribution in [0.1, 0.15) is 0 Å². The minimum atomic E-state index is -0.980. The van der Waals surface area contributed by atoms with Gasteiger partial charge in [-0.3, -0.25) is 4.90 Å². The largest absolute Gasteiger partial charge is 0.464 e. The number of hydrogen-bond acceptors (Lipinski definition) is 2. The highest BCUT2D eigenvalue weighted by molar-refractivity contribution is 5.68. The van der Waals surface area contributed by atoms with E-state index in [1.165, 1.54) is 6.20 Å². The lowest BCUT2D eigenvalue weighted by Crippen LogP contribution is -2.25. The molecule has 0 aromatic heterocycles. The maximum atomic E-state index is 10.6. The molecule has 4 heteroatoms. The highest BCUT2D eigenvalue weighted by Gasteiger charge is 2.14. The Morgan fingerprint density at radius 2 is 2.08 bits per heavy atom. The molecule has 0 aromatic carbocycles. The van der Waals surface area contributed by atoms with Crippen molar-refractivity contribution in [3.8, 4) is 0 Å². The SMILES string of the molecule is O=C(O)N1C=CN2C=CC=CC2=C1. The first-order valence-electron chi connectivity index (χ1n) is 3.82. The summed E-state index contributed by atoms with van der Waals surface area (Å²) in [5.74, 6) is 0. The monoisotopic (exact) mass is 176 g/mol. The molecule has 13 heavy (non-hydrogen) atoms. The van der Waals surface area contributed by atoms with E-state index in [-0.39, 0.29) is 0 Å². The van der Waals surface area contributed by atoms with Gasteiger partial charge in [-0.2, -0.15) is 0 Å². The van der Waals surface area contributed by atoms with E-state index < -0.39 is 6.09 Å². The maximum Gasteiger partial charge on any atom is 0.415 e. The zero-order valence-electron chi connectivity index (χ0n) is 6.79. The standard InChI is InChI=1S/C9H8N2O2/c12-9(13)11-6-5-10-4-2-1-3-8(10)7-11/h1-7H,(H,12,13). The lowest BCUT2D eigenvalue weighted by atomic mass is 10.2. The average molecular weight is 176 g/mol. The van der Waals surface area contributed by atoms with Crippen LogP contribution in [0.4, 0.5) is 4.79 Å². The van der Waals surface area contributed by atoms with Gasteiger partial charge in [-0.15, -0.1) is 0 Å². The summed E-state index contributed by atoms with van der Waals surface area (Å²) in [4.78, 5) is 13.6. The first-order chi connectivity index (χ1) is 6.27. The summed E-state index contributed by atoms with van der Waals surface area (Å²) in [5, 5.41) is 8.70. The number of allylic oxidation sites excluding steroid dienone is 3. The van der Waals surface area contributed by atoms with Gasteiger partial charge in [0.1, 0.15) is 0 Å². The van der Waals surface area contributed by atoms with Crippen LogP contribution in [0, 0.1) is 0 Å². The zero-order valence-corrected chi connectivity index (χ0v) is 6.79. The minimum Gasteiger partial charge on any atom is -0.464 e. The van der Waals surface area contributed by atoms with Crippen LogP contribution >= 0.6 is 0 Å². The quantitative estimate of drug-likeness (QED) is 0.610. The van der Waals surface area contributed by atoms with Crippen LogP contribution < -0.4 is 0 Å². The summed E-state index contributed by atoms with van der Waals surface area (Å²) in [6.45, 7) is 0. The fourth-order valence-corrected chi connectivity index (χ4v) is 1.16. The van der Waals surface area contributed by atoms with Crippen LogP contribution in [-0.2, 0) is 0 Å². The Kier molecular flexibility index (Phi) is 1.66. The van der Waals surface area contributed by atoms with Crippen LogP contribution in [0.3, 0.4) is 0 Å². The number of fused-ring (bicyclic) bond motifs is 1. The van der Waals surface area contributed by atoms with Crippen LogP contribution in [0.15, 0.2) is 48.7 Å². The van der Waals surface area contributed by atoms with E-state index in [4.69, 9.17) is 5.11 Å². The third kappa shape index (κ3) is 1.33. The van der Waals surface area contributed by atoms with Crippen molar-refractivity contribution in [2.75, 3.05) is 0 Å². The molecule has 0 aromatic rings. The molecule has 1 N–H and O–H groups in total.